The van der Waals surface area contributed by atoms with E-state index in [-0.39, 0.29) is 0 Å². The molecular formula is C32H29BrN2. The van der Waals surface area contributed by atoms with Gasteiger partial charge in [0.15, 0.2) is 5.82 Å². The predicted octanol–water partition coefficient (Wildman–Crippen LogP) is 8.71. The predicted molar refractivity (Wildman–Crippen MR) is 146 cm³/mol. The van der Waals surface area contributed by atoms with Crippen molar-refractivity contribution < 1.29 is 0 Å². The lowest BCUT2D eigenvalue weighted by Gasteiger charge is -2.57. The fourth-order valence-electron chi connectivity index (χ4n) is 7.57. The Hall–Kier alpha value is -2.78. The van der Waals surface area contributed by atoms with Crippen LogP contribution < -0.4 is 0 Å². The summed E-state index contributed by atoms with van der Waals surface area (Å²) in [6.45, 7) is 0. The average molecular weight is 522 g/mol. The number of aromatic nitrogens is 2. The highest BCUT2D eigenvalue weighted by Gasteiger charge is 2.51. The fourth-order valence-corrected chi connectivity index (χ4v) is 7.97. The van der Waals surface area contributed by atoms with Crippen molar-refractivity contribution in [3.63, 3.8) is 0 Å². The molecular weight excluding hydrogens is 492 g/mol. The summed E-state index contributed by atoms with van der Waals surface area (Å²) in [7, 11) is 0. The number of nitrogens with zero attached hydrogens (tertiary/aromatic N) is 2. The Bertz CT molecular complexity index is 1340. The molecule has 0 saturated heterocycles. The maximum absolute atomic E-state index is 5.03. The average Bonchev–Trinajstić information content (AvgIpc) is 2.88. The van der Waals surface area contributed by atoms with Crippen molar-refractivity contribution in [1.29, 1.82) is 0 Å². The molecule has 4 bridgehead atoms. The molecule has 1 heterocycles. The van der Waals surface area contributed by atoms with Crippen LogP contribution in [-0.2, 0) is 5.41 Å². The topological polar surface area (TPSA) is 25.8 Å². The lowest BCUT2D eigenvalue weighted by Crippen LogP contribution is -2.48. The van der Waals surface area contributed by atoms with Gasteiger partial charge in [-0.2, -0.15) is 0 Å². The minimum Gasteiger partial charge on any atom is -0.228 e. The van der Waals surface area contributed by atoms with Crippen molar-refractivity contribution in [1.82, 2.24) is 9.97 Å². The third-order valence-electron chi connectivity index (χ3n) is 8.71. The number of hydrogen-bond acceptors (Lipinski definition) is 2. The molecule has 4 aromatic rings. The summed E-state index contributed by atoms with van der Waals surface area (Å²) in [5, 5.41) is 0. The SMILES string of the molecule is Brc1cccc(-c2nc(-c3ccccc3)cc(-c3ccc(C45CC6CC(CC(C6)C4)C5)cc3)n2)c1. The van der Waals surface area contributed by atoms with E-state index in [0.717, 1.165) is 56.1 Å². The molecule has 8 rings (SSSR count). The normalized spacial score (nSPS) is 26.7. The smallest absolute Gasteiger partial charge is 0.160 e. The van der Waals surface area contributed by atoms with Gasteiger partial charge in [-0.1, -0.05) is 82.7 Å². The number of halogens is 1. The van der Waals surface area contributed by atoms with Gasteiger partial charge >= 0.3 is 0 Å². The van der Waals surface area contributed by atoms with Gasteiger partial charge in [0.1, 0.15) is 0 Å². The van der Waals surface area contributed by atoms with Crippen LogP contribution in [0.25, 0.3) is 33.9 Å². The zero-order valence-electron chi connectivity index (χ0n) is 19.8. The van der Waals surface area contributed by atoms with Crippen LogP contribution in [0.1, 0.15) is 44.1 Å². The van der Waals surface area contributed by atoms with Crippen LogP contribution in [0.5, 0.6) is 0 Å². The van der Waals surface area contributed by atoms with E-state index in [2.05, 4.69) is 82.7 Å². The first kappa shape index (κ1) is 21.5. The van der Waals surface area contributed by atoms with Crippen LogP contribution >= 0.6 is 15.9 Å². The molecule has 35 heavy (non-hydrogen) atoms. The number of hydrogen-bond donors (Lipinski definition) is 0. The molecule has 0 unspecified atom stereocenters. The van der Waals surface area contributed by atoms with Crippen molar-refractivity contribution in [3.8, 4) is 33.9 Å². The van der Waals surface area contributed by atoms with E-state index in [1.54, 1.807) is 5.56 Å². The molecule has 0 radical (unpaired) electrons. The maximum atomic E-state index is 5.03. The number of rotatable bonds is 4. The molecule has 4 aliphatic rings. The Morgan fingerprint density at radius 1 is 0.600 bits per heavy atom. The van der Waals surface area contributed by atoms with E-state index in [1.807, 2.05) is 18.2 Å². The molecule has 3 aromatic carbocycles. The molecule has 0 aliphatic heterocycles. The highest BCUT2D eigenvalue weighted by molar-refractivity contribution is 9.10. The second kappa shape index (κ2) is 8.41. The molecule has 4 saturated carbocycles. The van der Waals surface area contributed by atoms with Gasteiger partial charge in [0.2, 0.25) is 0 Å². The first-order valence-corrected chi connectivity index (χ1v) is 13.7. The van der Waals surface area contributed by atoms with E-state index >= 15 is 0 Å². The first-order valence-electron chi connectivity index (χ1n) is 12.9. The van der Waals surface area contributed by atoms with E-state index in [0.29, 0.717) is 5.41 Å². The maximum Gasteiger partial charge on any atom is 0.160 e. The Morgan fingerprint density at radius 2 is 1.17 bits per heavy atom. The van der Waals surface area contributed by atoms with Gasteiger partial charge in [0.25, 0.3) is 0 Å². The third-order valence-corrected chi connectivity index (χ3v) is 9.20. The zero-order chi connectivity index (χ0) is 23.4. The lowest BCUT2D eigenvalue weighted by atomic mass is 9.48. The second-order valence-corrected chi connectivity index (χ2v) is 12.0. The molecule has 0 atom stereocenters. The van der Waals surface area contributed by atoms with Crippen molar-refractivity contribution in [2.75, 3.05) is 0 Å². The Balaban J connectivity index is 1.28. The van der Waals surface area contributed by atoms with E-state index < -0.39 is 0 Å². The van der Waals surface area contributed by atoms with Crippen LogP contribution in [0.2, 0.25) is 0 Å². The summed E-state index contributed by atoms with van der Waals surface area (Å²) in [5.41, 5.74) is 7.21. The molecule has 2 nitrogen and oxygen atoms in total. The highest BCUT2D eigenvalue weighted by Crippen LogP contribution is 2.60. The molecule has 174 valence electrons. The van der Waals surface area contributed by atoms with Gasteiger partial charge in [-0.3, -0.25) is 0 Å². The first-order chi connectivity index (χ1) is 17.1. The highest BCUT2D eigenvalue weighted by atomic mass is 79.9. The van der Waals surface area contributed by atoms with Crippen LogP contribution in [0.3, 0.4) is 0 Å². The van der Waals surface area contributed by atoms with Gasteiger partial charge in [-0.05, 0) is 85.5 Å². The molecule has 1 aromatic heterocycles. The Kier molecular flexibility index (Phi) is 5.17. The molecule has 0 N–H and O–H groups in total. The van der Waals surface area contributed by atoms with Gasteiger partial charge in [0.05, 0.1) is 11.4 Å². The largest absolute Gasteiger partial charge is 0.228 e. The monoisotopic (exact) mass is 520 g/mol. The quantitative estimate of drug-likeness (QED) is 0.268. The second-order valence-electron chi connectivity index (χ2n) is 11.1. The van der Waals surface area contributed by atoms with E-state index in [1.165, 1.54) is 38.5 Å². The zero-order valence-corrected chi connectivity index (χ0v) is 21.4. The van der Waals surface area contributed by atoms with Crippen LogP contribution in [0, 0.1) is 17.8 Å². The van der Waals surface area contributed by atoms with Crippen molar-refractivity contribution in [2.45, 2.75) is 43.9 Å². The van der Waals surface area contributed by atoms with Crippen LogP contribution in [0.15, 0.2) is 89.4 Å². The van der Waals surface area contributed by atoms with Gasteiger partial charge < -0.3 is 0 Å². The summed E-state index contributed by atoms with van der Waals surface area (Å²) in [6, 6.07) is 30.2. The van der Waals surface area contributed by atoms with Crippen molar-refractivity contribution in [2.24, 2.45) is 17.8 Å². The van der Waals surface area contributed by atoms with Gasteiger partial charge in [-0.25, -0.2) is 9.97 Å². The summed E-state index contributed by atoms with van der Waals surface area (Å²) in [6.07, 6.45) is 8.65. The fraction of sp³-hybridized carbons (Fsp3) is 0.312. The Morgan fingerprint density at radius 3 is 1.77 bits per heavy atom. The minimum absolute atomic E-state index is 0.426. The van der Waals surface area contributed by atoms with Crippen molar-refractivity contribution >= 4 is 15.9 Å². The molecule has 0 spiro atoms. The molecule has 3 heteroatoms. The Labute approximate surface area is 216 Å². The van der Waals surface area contributed by atoms with Crippen molar-refractivity contribution in [3.05, 3.63) is 95.0 Å². The molecule has 0 amide bonds. The summed E-state index contributed by atoms with van der Waals surface area (Å²) >= 11 is 3.60. The lowest BCUT2D eigenvalue weighted by molar-refractivity contribution is -0.00518. The summed E-state index contributed by atoms with van der Waals surface area (Å²) in [5.74, 6) is 3.64. The van der Waals surface area contributed by atoms with E-state index in [4.69, 9.17) is 9.97 Å². The third kappa shape index (κ3) is 3.94. The van der Waals surface area contributed by atoms with Crippen LogP contribution in [0.4, 0.5) is 0 Å². The number of benzene rings is 3. The van der Waals surface area contributed by atoms with Crippen LogP contribution in [-0.4, -0.2) is 9.97 Å². The van der Waals surface area contributed by atoms with Gasteiger partial charge in [0, 0.05) is 21.2 Å². The molecule has 4 fully saturated rings. The minimum atomic E-state index is 0.426. The summed E-state index contributed by atoms with van der Waals surface area (Å²) < 4.78 is 1.03. The summed E-state index contributed by atoms with van der Waals surface area (Å²) in [4.78, 5) is 9.98. The molecule has 4 aliphatic carbocycles. The van der Waals surface area contributed by atoms with E-state index in [9.17, 15) is 0 Å². The van der Waals surface area contributed by atoms with Gasteiger partial charge in [-0.15, -0.1) is 0 Å². The standard InChI is InChI=1S/C32H29BrN2/c33-28-8-4-7-26(16-28)31-34-29(24-5-2-1-3-6-24)17-30(35-31)25-9-11-27(12-10-25)32-18-21-13-22(19-32)15-23(14-21)20-32/h1-12,16-17,21-23H,13-15,18-20H2.